The highest BCUT2D eigenvalue weighted by Gasteiger charge is 2.76. The molecule has 3 amide bonds. The second-order valence-electron chi connectivity index (χ2n) is 12.1. The Morgan fingerprint density at radius 2 is 1.74 bits per heavy atom. The third kappa shape index (κ3) is 6.21. The molecule has 0 saturated carbocycles. The van der Waals surface area contributed by atoms with Gasteiger partial charge >= 0.3 is 0 Å². The van der Waals surface area contributed by atoms with Crippen molar-refractivity contribution in [1.29, 1.82) is 0 Å². The first-order chi connectivity index (χ1) is 20.3. The van der Waals surface area contributed by atoms with Crippen LogP contribution in [0.5, 0.6) is 0 Å². The molecule has 1 N–H and O–H groups in total. The number of hydrogen-bond acceptors (Lipinski definition) is 5. The molecule has 1 aromatic rings. The fraction of sp³-hybridized carbons (Fsp3) is 0.618. The minimum absolute atomic E-state index is 0.00473. The Balaban J connectivity index is 1.69. The molecule has 7 nitrogen and oxygen atoms in total. The van der Waals surface area contributed by atoms with E-state index in [0.717, 1.165) is 50.5 Å². The summed E-state index contributed by atoms with van der Waals surface area (Å²) in [5, 5.41) is 9.22. The van der Waals surface area contributed by atoms with Crippen molar-refractivity contribution < 1.29 is 19.5 Å². The Bertz CT molecular complexity index is 1110. The fourth-order valence-electron chi connectivity index (χ4n) is 7.44. The molecule has 4 rings (SSSR count). The first kappa shape index (κ1) is 32.3. The second-order valence-corrected chi connectivity index (χ2v) is 13.7. The monoisotopic (exact) mass is 595 g/mol. The number of unbranched alkanes of at least 4 members (excludes halogenated alkanes) is 4. The van der Waals surface area contributed by atoms with Crippen molar-refractivity contribution >= 4 is 29.5 Å². The molecule has 3 aliphatic rings. The molecule has 3 unspecified atom stereocenters. The molecular weight excluding hydrogens is 546 g/mol. The summed E-state index contributed by atoms with van der Waals surface area (Å²) in [5.74, 6) is -0.890. The van der Waals surface area contributed by atoms with E-state index in [1.807, 2.05) is 45.0 Å². The Hall–Kier alpha value is -2.58. The molecule has 0 radical (unpaired) electrons. The summed E-state index contributed by atoms with van der Waals surface area (Å²) in [6, 6.07) is 9.34. The molecule has 42 heavy (non-hydrogen) atoms. The van der Waals surface area contributed by atoms with Gasteiger partial charge in [-0.25, -0.2) is 0 Å². The Morgan fingerprint density at radius 1 is 1.05 bits per heavy atom. The zero-order chi connectivity index (χ0) is 30.3. The summed E-state index contributed by atoms with van der Waals surface area (Å²) in [4.78, 5) is 48.9. The molecule has 230 valence electrons. The van der Waals surface area contributed by atoms with E-state index in [9.17, 15) is 19.5 Å². The van der Waals surface area contributed by atoms with Gasteiger partial charge in [0.25, 0.3) is 0 Å². The number of aliphatic hydroxyl groups excluding tert-OH is 1. The zero-order valence-electron chi connectivity index (χ0n) is 25.5. The van der Waals surface area contributed by atoms with Gasteiger partial charge in [-0.05, 0) is 37.2 Å². The van der Waals surface area contributed by atoms with Gasteiger partial charge in [-0.2, -0.15) is 0 Å². The molecule has 0 aliphatic carbocycles. The number of amides is 3. The van der Waals surface area contributed by atoms with Crippen LogP contribution in [0, 0.1) is 17.8 Å². The van der Waals surface area contributed by atoms with Crippen molar-refractivity contribution in [2.75, 3.05) is 32.8 Å². The molecule has 1 spiro atoms. The van der Waals surface area contributed by atoms with E-state index in [2.05, 4.69) is 27.0 Å². The lowest BCUT2D eigenvalue weighted by atomic mass is 9.65. The lowest BCUT2D eigenvalue weighted by Gasteiger charge is -2.41. The van der Waals surface area contributed by atoms with E-state index < -0.39 is 22.6 Å². The Morgan fingerprint density at radius 3 is 2.40 bits per heavy atom. The maximum atomic E-state index is 14.5. The van der Waals surface area contributed by atoms with Crippen LogP contribution in [-0.2, 0) is 20.9 Å². The third-order valence-corrected chi connectivity index (χ3v) is 11.5. The number of benzene rings is 1. The molecule has 3 aliphatic heterocycles. The van der Waals surface area contributed by atoms with Crippen molar-refractivity contribution in [2.45, 2.75) is 81.4 Å². The summed E-state index contributed by atoms with van der Waals surface area (Å²) in [6.07, 6.45) is 9.47. The molecule has 0 aromatic heterocycles. The molecule has 8 heteroatoms. The Kier molecular flexibility index (Phi) is 11.3. The number of carbonyl (C=O) groups is 3. The quantitative estimate of drug-likeness (QED) is 0.205. The van der Waals surface area contributed by atoms with Gasteiger partial charge < -0.3 is 19.8 Å². The highest BCUT2D eigenvalue weighted by atomic mass is 32.2. The topological polar surface area (TPSA) is 81.2 Å². The van der Waals surface area contributed by atoms with Crippen LogP contribution in [0.3, 0.4) is 0 Å². The summed E-state index contributed by atoms with van der Waals surface area (Å²) >= 11 is 1.74. The van der Waals surface area contributed by atoms with Crippen molar-refractivity contribution in [3.8, 4) is 0 Å². The van der Waals surface area contributed by atoms with Gasteiger partial charge in [0.2, 0.25) is 17.7 Å². The summed E-state index contributed by atoms with van der Waals surface area (Å²) in [5.41, 5.74) is 1.04. The highest BCUT2D eigenvalue weighted by Crippen LogP contribution is 2.69. The van der Waals surface area contributed by atoms with Crippen LogP contribution < -0.4 is 0 Å². The predicted octanol–water partition coefficient (Wildman–Crippen LogP) is 4.91. The van der Waals surface area contributed by atoms with Gasteiger partial charge in [0.05, 0.1) is 16.6 Å². The molecule has 2 bridgehead atoms. The normalized spacial score (nSPS) is 27.6. The maximum absolute atomic E-state index is 14.5. The highest BCUT2D eigenvalue weighted by molar-refractivity contribution is 8.02. The van der Waals surface area contributed by atoms with E-state index in [4.69, 9.17) is 0 Å². The minimum atomic E-state index is -0.623. The van der Waals surface area contributed by atoms with Gasteiger partial charge in [0, 0.05) is 44.6 Å². The molecule has 6 atom stereocenters. The molecular formula is C34H49N3O4S. The van der Waals surface area contributed by atoms with Crippen LogP contribution in [0.15, 0.2) is 55.6 Å². The zero-order valence-corrected chi connectivity index (χ0v) is 26.3. The smallest absolute Gasteiger partial charge is 0.247 e. The van der Waals surface area contributed by atoms with E-state index >= 15 is 0 Å². The number of rotatable bonds is 17. The maximum Gasteiger partial charge on any atom is 0.247 e. The molecule has 3 heterocycles. The van der Waals surface area contributed by atoms with E-state index in [1.165, 1.54) is 0 Å². The molecule has 3 saturated heterocycles. The summed E-state index contributed by atoms with van der Waals surface area (Å²) in [6.45, 7) is 14.7. The number of likely N-dealkylation sites (tertiary alicyclic amines) is 1. The molecule has 1 aromatic carbocycles. The average Bonchev–Trinajstić information content (AvgIpc) is 3.58. The number of thioether (sulfide) groups is 1. The Labute approximate surface area is 256 Å². The largest absolute Gasteiger partial charge is 0.396 e. The van der Waals surface area contributed by atoms with Crippen molar-refractivity contribution in [2.24, 2.45) is 17.8 Å². The number of carbonyl (C=O) groups excluding carboxylic acids is 3. The van der Waals surface area contributed by atoms with Gasteiger partial charge in [0.15, 0.2) is 0 Å². The van der Waals surface area contributed by atoms with Gasteiger partial charge in [-0.15, -0.1) is 24.9 Å². The first-order valence-electron chi connectivity index (χ1n) is 15.8. The van der Waals surface area contributed by atoms with Crippen LogP contribution in [0.1, 0.15) is 64.4 Å². The van der Waals surface area contributed by atoms with E-state index in [-0.39, 0.29) is 35.5 Å². The van der Waals surface area contributed by atoms with E-state index in [0.29, 0.717) is 32.7 Å². The lowest BCUT2D eigenvalue weighted by molar-refractivity contribution is -0.145. The fourth-order valence-corrected chi connectivity index (χ4v) is 9.85. The summed E-state index contributed by atoms with van der Waals surface area (Å²) < 4.78 is -0.623. The van der Waals surface area contributed by atoms with Crippen LogP contribution in [-0.4, -0.2) is 86.4 Å². The standard InChI is InChI=1S/C34H49N3O4S/c1-5-8-20-35(18-6-2)33(41)30-34-25(4)23-27(42-34)28(29(34)32(40)37(30)21-14-9-10-15-22-38)31(39)36(19-7-3)24-26-16-12-11-13-17-26/h6-7,11-13,16-17,25,27-30,38H,2-3,5,8-10,14-15,18-24H2,1,4H3/t25?,27-,28+,29+,30?,34?/m1/s1. The van der Waals surface area contributed by atoms with Crippen molar-refractivity contribution in [1.82, 2.24) is 14.7 Å². The SMILES string of the molecule is C=CCN(CCCC)C(=O)C1N(CCCCCCO)C(=O)[C@@H]2[C@@H](C(=O)N(CC=C)Cc3ccccc3)[C@H]3CC(C)C12S3. The predicted molar refractivity (Wildman–Crippen MR) is 170 cm³/mol. The molecule has 3 fully saturated rings. The van der Waals surface area contributed by atoms with Gasteiger partial charge in [-0.1, -0.05) is 75.6 Å². The van der Waals surface area contributed by atoms with Crippen molar-refractivity contribution in [3.05, 3.63) is 61.2 Å². The number of aliphatic hydroxyl groups is 1. The van der Waals surface area contributed by atoms with Crippen LogP contribution in [0.2, 0.25) is 0 Å². The first-order valence-corrected chi connectivity index (χ1v) is 16.7. The van der Waals surface area contributed by atoms with Crippen LogP contribution >= 0.6 is 11.8 Å². The van der Waals surface area contributed by atoms with Gasteiger partial charge in [-0.3, -0.25) is 14.4 Å². The van der Waals surface area contributed by atoms with Crippen molar-refractivity contribution in [3.63, 3.8) is 0 Å². The number of nitrogens with zero attached hydrogens (tertiary/aromatic N) is 3. The number of hydrogen-bond donors (Lipinski definition) is 1. The summed E-state index contributed by atoms with van der Waals surface area (Å²) in [7, 11) is 0. The number of fused-ring (bicyclic) bond motifs is 1. The van der Waals surface area contributed by atoms with Gasteiger partial charge in [0.1, 0.15) is 6.04 Å². The van der Waals surface area contributed by atoms with Crippen LogP contribution in [0.4, 0.5) is 0 Å². The minimum Gasteiger partial charge on any atom is -0.396 e. The lowest BCUT2D eigenvalue weighted by Crippen LogP contribution is -2.57. The third-order valence-electron chi connectivity index (χ3n) is 9.39. The second kappa shape index (κ2) is 14.7. The van der Waals surface area contributed by atoms with Crippen LogP contribution in [0.25, 0.3) is 0 Å². The van der Waals surface area contributed by atoms with E-state index in [1.54, 1.807) is 23.9 Å². The average molecular weight is 596 g/mol.